The van der Waals surface area contributed by atoms with Gasteiger partial charge in [0.25, 0.3) is 11.8 Å². The van der Waals surface area contributed by atoms with E-state index < -0.39 is 41.5 Å². The average molecular weight is 470 g/mol. The highest BCUT2D eigenvalue weighted by Crippen LogP contribution is 2.15. The van der Waals surface area contributed by atoms with Gasteiger partial charge in [-0.2, -0.15) is 13.2 Å². The molecule has 1 fully saturated rings. The Morgan fingerprint density at radius 2 is 1.82 bits per heavy atom. The molecule has 1 atom stereocenters. The predicted molar refractivity (Wildman–Crippen MR) is 109 cm³/mol. The SMILES string of the molecule is C/C(=N/O)C(=N)C(=O)N1CCOC[C@H]1CNC(=O)c1ccc(C(=N)NC(=O)C(F)(F)F)cc1. The summed E-state index contributed by atoms with van der Waals surface area (Å²) in [6.45, 7) is 1.78. The number of alkyl halides is 3. The minimum absolute atomic E-state index is 0.0214. The fraction of sp³-hybridized carbons (Fsp3) is 0.368. The zero-order valence-corrected chi connectivity index (χ0v) is 17.3. The molecule has 11 nitrogen and oxygen atoms in total. The lowest BCUT2D eigenvalue weighted by Gasteiger charge is -2.35. The van der Waals surface area contributed by atoms with E-state index in [-0.39, 0.29) is 43.1 Å². The first-order valence-electron chi connectivity index (χ1n) is 9.47. The van der Waals surface area contributed by atoms with Crippen LogP contribution < -0.4 is 10.6 Å². The Labute approximate surface area is 185 Å². The monoisotopic (exact) mass is 470 g/mol. The van der Waals surface area contributed by atoms with Gasteiger partial charge in [-0.3, -0.25) is 25.2 Å². The molecular formula is C19H21F3N6O5. The quantitative estimate of drug-likeness (QED) is 0.176. The van der Waals surface area contributed by atoms with Crippen molar-refractivity contribution in [3.8, 4) is 0 Å². The van der Waals surface area contributed by atoms with Crippen LogP contribution in [-0.2, 0) is 14.3 Å². The Morgan fingerprint density at radius 3 is 2.39 bits per heavy atom. The van der Waals surface area contributed by atoms with Crippen molar-refractivity contribution in [2.45, 2.75) is 19.1 Å². The zero-order valence-electron chi connectivity index (χ0n) is 17.3. The van der Waals surface area contributed by atoms with Gasteiger partial charge in [0.05, 0.1) is 19.3 Å². The summed E-state index contributed by atoms with van der Waals surface area (Å²) in [6.07, 6.45) is -5.13. The number of nitrogens with one attached hydrogen (secondary N) is 4. The van der Waals surface area contributed by atoms with Crippen molar-refractivity contribution in [2.24, 2.45) is 5.16 Å². The van der Waals surface area contributed by atoms with Gasteiger partial charge >= 0.3 is 12.1 Å². The molecule has 5 N–H and O–H groups in total. The van der Waals surface area contributed by atoms with E-state index in [1.807, 2.05) is 0 Å². The molecule has 0 radical (unpaired) electrons. The van der Waals surface area contributed by atoms with Gasteiger partial charge in [-0.15, -0.1) is 0 Å². The predicted octanol–water partition coefficient (Wildman–Crippen LogP) is 0.518. The van der Waals surface area contributed by atoms with Crippen molar-refractivity contribution >= 4 is 35.0 Å². The normalized spacial score (nSPS) is 16.7. The number of benzene rings is 1. The number of oxime groups is 1. The average Bonchev–Trinajstić information content (AvgIpc) is 2.80. The van der Waals surface area contributed by atoms with E-state index in [1.165, 1.54) is 41.4 Å². The molecule has 0 saturated carbocycles. The van der Waals surface area contributed by atoms with E-state index in [4.69, 9.17) is 20.8 Å². The third-order valence-electron chi connectivity index (χ3n) is 4.64. The van der Waals surface area contributed by atoms with Crippen LogP contribution in [-0.4, -0.2) is 83.6 Å². The number of ether oxygens (including phenoxy) is 1. The standard InChI is InChI=1S/C19H21F3N6O5/c1-10(27-32)14(23)17(30)28-6-7-33-9-13(28)8-25-16(29)12-4-2-11(3-5-12)15(24)26-18(31)19(20,21)22/h2-5,13,23,32H,6-9H2,1H3,(H,25,29)(H2,24,26,31)/b23-14?,27-10-/t13-/m1/s1. The topological polar surface area (TPSA) is 168 Å². The van der Waals surface area contributed by atoms with Crippen LogP contribution in [0.3, 0.4) is 0 Å². The maximum Gasteiger partial charge on any atom is 0.471 e. The van der Waals surface area contributed by atoms with Crippen molar-refractivity contribution in [2.75, 3.05) is 26.3 Å². The first kappa shape index (κ1) is 25.5. The number of halogens is 3. The molecular weight excluding hydrogens is 449 g/mol. The summed E-state index contributed by atoms with van der Waals surface area (Å²) in [4.78, 5) is 37.2. The maximum atomic E-state index is 12.5. The molecule has 1 saturated heterocycles. The highest BCUT2D eigenvalue weighted by molar-refractivity contribution is 6.65. The van der Waals surface area contributed by atoms with Crippen molar-refractivity contribution in [1.29, 1.82) is 10.8 Å². The van der Waals surface area contributed by atoms with Crippen LogP contribution in [0.25, 0.3) is 0 Å². The highest BCUT2D eigenvalue weighted by Gasteiger charge is 2.39. The van der Waals surface area contributed by atoms with E-state index in [0.29, 0.717) is 0 Å². The second-order valence-electron chi connectivity index (χ2n) is 6.90. The number of morpholine rings is 1. The fourth-order valence-electron chi connectivity index (χ4n) is 2.80. The molecule has 0 bridgehead atoms. The minimum atomic E-state index is -5.13. The van der Waals surface area contributed by atoms with Crippen LogP contribution >= 0.6 is 0 Å². The van der Waals surface area contributed by atoms with E-state index >= 15 is 0 Å². The van der Waals surface area contributed by atoms with Gasteiger partial charge in [-0.25, -0.2) is 0 Å². The van der Waals surface area contributed by atoms with Gasteiger partial charge in [0.2, 0.25) is 0 Å². The molecule has 1 aromatic rings. The van der Waals surface area contributed by atoms with E-state index in [0.717, 1.165) is 0 Å². The maximum absolute atomic E-state index is 12.5. The lowest BCUT2D eigenvalue weighted by molar-refractivity contribution is -0.171. The summed E-state index contributed by atoms with van der Waals surface area (Å²) in [5.74, 6) is -4.30. The highest BCUT2D eigenvalue weighted by atomic mass is 19.4. The van der Waals surface area contributed by atoms with Gasteiger partial charge < -0.3 is 25.5 Å². The molecule has 0 aromatic heterocycles. The molecule has 0 aliphatic carbocycles. The van der Waals surface area contributed by atoms with Gasteiger partial charge in [-0.1, -0.05) is 17.3 Å². The Kier molecular flexibility index (Phi) is 8.23. The van der Waals surface area contributed by atoms with Crippen LogP contribution in [0.2, 0.25) is 0 Å². The number of carbonyl (C=O) groups is 3. The van der Waals surface area contributed by atoms with Crippen molar-refractivity contribution in [3.05, 3.63) is 35.4 Å². The van der Waals surface area contributed by atoms with Crippen molar-refractivity contribution in [1.82, 2.24) is 15.5 Å². The third kappa shape index (κ3) is 6.58. The number of nitrogens with zero attached hydrogens (tertiary/aromatic N) is 2. The van der Waals surface area contributed by atoms with Crippen LogP contribution in [0.5, 0.6) is 0 Å². The molecule has 0 spiro atoms. The van der Waals surface area contributed by atoms with Crippen molar-refractivity contribution < 1.29 is 37.5 Å². The summed E-state index contributed by atoms with van der Waals surface area (Å²) in [7, 11) is 0. The Morgan fingerprint density at radius 1 is 1.21 bits per heavy atom. The number of hydrogen-bond acceptors (Lipinski definition) is 8. The van der Waals surface area contributed by atoms with E-state index in [1.54, 1.807) is 0 Å². The Bertz CT molecular complexity index is 977. The molecule has 2 rings (SSSR count). The lowest BCUT2D eigenvalue weighted by atomic mass is 10.1. The molecule has 33 heavy (non-hydrogen) atoms. The summed E-state index contributed by atoms with van der Waals surface area (Å²) in [5.41, 5.74) is -0.571. The Balaban J connectivity index is 1.99. The Hall–Kier alpha value is -3.81. The summed E-state index contributed by atoms with van der Waals surface area (Å²) in [6, 6.07) is 4.33. The molecule has 0 unspecified atom stereocenters. The number of amides is 3. The zero-order chi connectivity index (χ0) is 24.8. The number of carbonyl (C=O) groups excluding carboxylic acids is 3. The van der Waals surface area contributed by atoms with Crippen LogP contribution in [0.4, 0.5) is 13.2 Å². The second kappa shape index (κ2) is 10.7. The number of rotatable bonds is 6. The third-order valence-corrected chi connectivity index (χ3v) is 4.64. The minimum Gasteiger partial charge on any atom is -0.411 e. The summed E-state index contributed by atoms with van der Waals surface area (Å²) in [5, 5.41) is 31.0. The first-order valence-corrected chi connectivity index (χ1v) is 9.47. The smallest absolute Gasteiger partial charge is 0.411 e. The molecule has 1 aromatic carbocycles. The summed E-state index contributed by atoms with van der Waals surface area (Å²) >= 11 is 0. The van der Waals surface area contributed by atoms with E-state index in [2.05, 4.69) is 10.5 Å². The largest absolute Gasteiger partial charge is 0.471 e. The number of amidine groups is 1. The fourth-order valence-corrected chi connectivity index (χ4v) is 2.80. The van der Waals surface area contributed by atoms with Gasteiger partial charge in [0.1, 0.15) is 17.3 Å². The van der Waals surface area contributed by atoms with Gasteiger partial charge in [-0.05, 0) is 19.1 Å². The molecule has 1 heterocycles. The summed E-state index contributed by atoms with van der Waals surface area (Å²) < 4.78 is 42.2. The number of hydrogen-bond donors (Lipinski definition) is 5. The van der Waals surface area contributed by atoms with E-state index in [9.17, 15) is 27.6 Å². The van der Waals surface area contributed by atoms with Crippen LogP contribution in [0.1, 0.15) is 22.8 Å². The van der Waals surface area contributed by atoms with Crippen LogP contribution in [0.15, 0.2) is 29.4 Å². The molecule has 1 aliphatic rings. The molecule has 14 heteroatoms. The van der Waals surface area contributed by atoms with Crippen molar-refractivity contribution in [3.63, 3.8) is 0 Å². The molecule has 3 amide bonds. The molecule has 178 valence electrons. The lowest BCUT2D eigenvalue weighted by Crippen LogP contribution is -2.55. The van der Waals surface area contributed by atoms with Gasteiger partial charge in [0, 0.05) is 24.2 Å². The molecule has 1 aliphatic heterocycles. The second-order valence-corrected chi connectivity index (χ2v) is 6.90. The van der Waals surface area contributed by atoms with Gasteiger partial charge in [0.15, 0.2) is 0 Å². The van der Waals surface area contributed by atoms with Crippen LogP contribution in [0, 0.1) is 10.8 Å². The first-order chi connectivity index (χ1) is 15.5.